The minimum Gasteiger partial charge on any atom is -0.399 e. The van der Waals surface area contributed by atoms with Gasteiger partial charge in [-0.2, -0.15) is 0 Å². The predicted molar refractivity (Wildman–Crippen MR) is 92.7 cm³/mol. The molecule has 1 heterocycles. The van der Waals surface area contributed by atoms with E-state index < -0.39 is 0 Å². The molecule has 1 aliphatic heterocycles. The lowest BCUT2D eigenvalue weighted by Crippen LogP contribution is -2.53. The molecule has 1 amide bonds. The van der Waals surface area contributed by atoms with Crippen molar-refractivity contribution < 1.29 is 4.79 Å². The van der Waals surface area contributed by atoms with E-state index in [-0.39, 0.29) is 17.9 Å². The van der Waals surface area contributed by atoms with Crippen LogP contribution in [-0.4, -0.2) is 29.4 Å². The minimum atomic E-state index is -0.0771. The van der Waals surface area contributed by atoms with Crippen LogP contribution in [0.5, 0.6) is 0 Å². The van der Waals surface area contributed by atoms with Crippen molar-refractivity contribution in [2.75, 3.05) is 17.6 Å². The summed E-state index contributed by atoms with van der Waals surface area (Å²) in [5.41, 5.74) is 7.24. The fraction of sp³-hybridized carbons (Fsp3) is 0.611. The van der Waals surface area contributed by atoms with E-state index in [4.69, 9.17) is 5.73 Å². The molecule has 4 nitrogen and oxygen atoms in total. The minimum absolute atomic E-state index is 0.0771. The highest BCUT2D eigenvalue weighted by Gasteiger charge is 2.34. The third-order valence-corrected chi connectivity index (χ3v) is 4.56. The molecule has 122 valence electrons. The number of nitrogen functional groups attached to an aromatic ring is 1. The summed E-state index contributed by atoms with van der Waals surface area (Å²) in [7, 11) is 0. The van der Waals surface area contributed by atoms with Crippen molar-refractivity contribution in [1.29, 1.82) is 0 Å². The molecule has 0 aromatic heterocycles. The number of nitrogens with one attached hydrogen (secondary N) is 1. The molecule has 0 spiro atoms. The topological polar surface area (TPSA) is 58.4 Å². The second-order valence-corrected chi connectivity index (χ2v) is 6.60. The van der Waals surface area contributed by atoms with Crippen molar-refractivity contribution in [1.82, 2.24) is 4.90 Å². The van der Waals surface area contributed by atoms with E-state index in [1.807, 2.05) is 24.3 Å². The number of nitrogens with two attached hydrogens (primary N) is 1. The summed E-state index contributed by atoms with van der Waals surface area (Å²) in [6.07, 6.45) is 4.77. The molecular weight excluding hydrogens is 274 g/mol. The maximum Gasteiger partial charge on any atom is 0.242 e. The van der Waals surface area contributed by atoms with Crippen LogP contribution in [-0.2, 0) is 4.79 Å². The molecule has 1 aliphatic rings. The van der Waals surface area contributed by atoms with Crippen molar-refractivity contribution in [2.45, 2.75) is 58.5 Å². The Kier molecular flexibility index (Phi) is 5.83. The fourth-order valence-corrected chi connectivity index (χ4v) is 3.50. The Morgan fingerprint density at radius 1 is 1.41 bits per heavy atom. The van der Waals surface area contributed by atoms with Crippen molar-refractivity contribution >= 4 is 17.3 Å². The number of nitrogens with zero attached hydrogens (tertiary/aromatic N) is 1. The molecule has 1 saturated heterocycles. The van der Waals surface area contributed by atoms with Crippen LogP contribution in [0.1, 0.15) is 46.5 Å². The standard InChI is InChI=1S/C18H29N3O/c1-4-16-10-5-6-11-21(16)17(13(2)3)18(22)20-15-9-7-8-14(19)12-15/h7-9,12-13,16-17H,4-6,10-11,19H2,1-3H3,(H,20,22). The van der Waals surface area contributed by atoms with Gasteiger partial charge in [0, 0.05) is 17.4 Å². The molecule has 1 aromatic carbocycles. The maximum absolute atomic E-state index is 12.8. The third-order valence-electron chi connectivity index (χ3n) is 4.56. The van der Waals surface area contributed by atoms with Gasteiger partial charge < -0.3 is 11.1 Å². The van der Waals surface area contributed by atoms with Crippen LogP contribution < -0.4 is 11.1 Å². The molecule has 2 atom stereocenters. The fourth-order valence-electron chi connectivity index (χ4n) is 3.50. The smallest absolute Gasteiger partial charge is 0.242 e. The van der Waals surface area contributed by atoms with Gasteiger partial charge in [0.05, 0.1) is 6.04 Å². The van der Waals surface area contributed by atoms with Gasteiger partial charge in [-0.05, 0) is 49.9 Å². The molecule has 3 N–H and O–H groups in total. The Morgan fingerprint density at radius 2 is 2.18 bits per heavy atom. The summed E-state index contributed by atoms with van der Waals surface area (Å²) in [6, 6.07) is 7.83. The van der Waals surface area contributed by atoms with Crippen LogP contribution in [0.25, 0.3) is 0 Å². The number of rotatable bonds is 5. The number of piperidine rings is 1. The number of likely N-dealkylation sites (tertiary alicyclic amines) is 1. The van der Waals surface area contributed by atoms with Gasteiger partial charge in [-0.25, -0.2) is 0 Å². The van der Waals surface area contributed by atoms with E-state index in [0.29, 0.717) is 11.7 Å². The van der Waals surface area contributed by atoms with Gasteiger partial charge in [-0.15, -0.1) is 0 Å². The summed E-state index contributed by atoms with van der Waals surface area (Å²) in [6.45, 7) is 7.50. The van der Waals surface area contributed by atoms with E-state index >= 15 is 0 Å². The van der Waals surface area contributed by atoms with E-state index in [9.17, 15) is 4.79 Å². The molecule has 0 aliphatic carbocycles. The Morgan fingerprint density at radius 3 is 2.82 bits per heavy atom. The molecular formula is C18H29N3O. The first-order chi connectivity index (χ1) is 10.5. The lowest BCUT2D eigenvalue weighted by molar-refractivity contribution is -0.124. The highest BCUT2D eigenvalue weighted by atomic mass is 16.2. The Hall–Kier alpha value is -1.55. The van der Waals surface area contributed by atoms with Gasteiger partial charge in [0.15, 0.2) is 0 Å². The summed E-state index contributed by atoms with van der Waals surface area (Å²) >= 11 is 0. The van der Waals surface area contributed by atoms with Crippen molar-refractivity contribution in [3.63, 3.8) is 0 Å². The second kappa shape index (κ2) is 7.63. The van der Waals surface area contributed by atoms with Gasteiger partial charge in [0.25, 0.3) is 0 Å². The average molecular weight is 303 g/mol. The summed E-state index contributed by atoms with van der Waals surface area (Å²) in [5.74, 6) is 0.370. The maximum atomic E-state index is 12.8. The molecule has 0 radical (unpaired) electrons. The SMILES string of the molecule is CCC1CCCCN1C(C(=O)Nc1cccc(N)c1)C(C)C. The van der Waals surface area contributed by atoms with Crippen LogP contribution in [0.4, 0.5) is 11.4 Å². The van der Waals surface area contributed by atoms with Crippen molar-refractivity contribution in [3.8, 4) is 0 Å². The van der Waals surface area contributed by atoms with Crippen LogP contribution >= 0.6 is 0 Å². The first-order valence-corrected chi connectivity index (χ1v) is 8.45. The van der Waals surface area contributed by atoms with Gasteiger partial charge >= 0.3 is 0 Å². The zero-order valence-electron chi connectivity index (χ0n) is 14.0. The Labute approximate surface area is 134 Å². The van der Waals surface area contributed by atoms with E-state index in [1.54, 1.807) is 0 Å². The number of benzene rings is 1. The lowest BCUT2D eigenvalue weighted by Gasteiger charge is -2.41. The van der Waals surface area contributed by atoms with Gasteiger partial charge in [0.1, 0.15) is 0 Å². The molecule has 0 saturated carbocycles. The first kappa shape index (κ1) is 16.8. The monoisotopic (exact) mass is 303 g/mol. The Bertz CT molecular complexity index is 501. The second-order valence-electron chi connectivity index (χ2n) is 6.60. The average Bonchev–Trinajstić information content (AvgIpc) is 2.47. The van der Waals surface area contributed by atoms with Crippen LogP contribution in [0.15, 0.2) is 24.3 Å². The highest BCUT2D eigenvalue weighted by molar-refractivity contribution is 5.95. The number of hydrogen-bond donors (Lipinski definition) is 2. The highest BCUT2D eigenvalue weighted by Crippen LogP contribution is 2.26. The zero-order chi connectivity index (χ0) is 16.1. The number of carbonyl (C=O) groups is 1. The predicted octanol–water partition coefficient (Wildman–Crippen LogP) is 3.50. The molecule has 4 heteroatoms. The number of amides is 1. The summed E-state index contributed by atoms with van der Waals surface area (Å²) in [5, 5.41) is 3.05. The first-order valence-electron chi connectivity index (χ1n) is 8.45. The quantitative estimate of drug-likeness (QED) is 0.819. The van der Waals surface area contributed by atoms with Crippen molar-refractivity contribution in [3.05, 3.63) is 24.3 Å². The van der Waals surface area contributed by atoms with E-state index in [1.165, 1.54) is 19.3 Å². The normalized spacial score (nSPS) is 20.8. The van der Waals surface area contributed by atoms with E-state index in [2.05, 4.69) is 31.0 Å². The number of anilines is 2. The molecule has 0 bridgehead atoms. The molecule has 2 unspecified atom stereocenters. The number of hydrogen-bond acceptors (Lipinski definition) is 3. The molecule has 22 heavy (non-hydrogen) atoms. The van der Waals surface area contributed by atoms with Crippen LogP contribution in [0.2, 0.25) is 0 Å². The van der Waals surface area contributed by atoms with Gasteiger partial charge in [-0.1, -0.05) is 33.3 Å². The molecule has 1 aromatic rings. The Balaban J connectivity index is 2.14. The molecule has 2 rings (SSSR count). The molecule has 1 fully saturated rings. The third kappa shape index (κ3) is 4.01. The zero-order valence-corrected chi connectivity index (χ0v) is 14.0. The number of carbonyl (C=O) groups excluding carboxylic acids is 1. The lowest BCUT2D eigenvalue weighted by atomic mass is 9.93. The summed E-state index contributed by atoms with van der Waals surface area (Å²) in [4.78, 5) is 15.2. The van der Waals surface area contributed by atoms with Crippen LogP contribution in [0, 0.1) is 5.92 Å². The van der Waals surface area contributed by atoms with E-state index in [0.717, 1.165) is 18.7 Å². The van der Waals surface area contributed by atoms with Gasteiger partial charge in [-0.3, -0.25) is 9.69 Å². The largest absolute Gasteiger partial charge is 0.399 e. The van der Waals surface area contributed by atoms with Crippen LogP contribution in [0.3, 0.4) is 0 Å². The summed E-state index contributed by atoms with van der Waals surface area (Å²) < 4.78 is 0. The van der Waals surface area contributed by atoms with Gasteiger partial charge in [0.2, 0.25) is 5.91 Å². The van der Waals surface area contributed by atoms with Crippen molar-refractivity contribution in [2.24, 2.45) is 5.92 Å².